The van der Waals surface area contributed by atoms with Crippen LogP contribution in [0.3, 0.4) is 0 Å². The van der Waals surface area contributed by atoms with Crippen molar-refractivity contribution in [1.82, 2.24) is 10.3 Å². The smallest absolute Gasteiger partial charge is 0.244 e. The number of pyridine rings is 1. The molecule has 1 aliphatic heterocycles. The van der Waals surface area contributed by atoms with Crippen LogP contribution in [-0.4, -0.2) is 35.3 Å². The Morgan fingerprint density at radius 2 is 2.27 bits per heavy atom. The Kier molecular flexibility index (Phi) is 6.47. The highest BCUT2D eigenvalue weighted by atomic mass is 35.5. The number of rotatable bonds is 7. The van der Waals surface area contributed by atoms with Gasteiger partial charge in [0.25, 0.3) is 0 Å². The Balaban J connectivity index is 1.37. The number of carbonyl (C=O) groups excluding carboxylic acids is 1. The van der Waals surface area contributed by atoms with Crippen LogP contribution in [0.2, 0.25) is 5.02 Å². The van der Waals surface area contributed by atoms with Crippen molar-refractivity contribution in [2.75, 3.05) is 13.2 Å². The molecule has 5 nitrogen and oxygen atoms in total. The van der Waals surface area contributed by atoms with Gasteiger partial charge < -0.3 is 15.2 Å². The van der Waals surface area contributed by atoms with Gasteiger partial charge in [-0.1, -0.05) is 17.7 Å². The van der Waals surface area contributed by atoms with Crippen LogP contribution >= 0.6 is 22.9 Å². The van der Waals surface area contributed by atoms with Crippen molar-refractivity contribution >= 4 is 34.9 Å². The Hall–Kier alpha value is -2.67. The summed E-state index contributed by atoms with van der Waals surface area (Å²) in [6.45, 7) is 0.541. The number of fused-ring (bicyclic) bond motifs is 1. The zero-order chi connectivity index (χ0) is 20.9. The van der Waals surface area contributed by atoms with Crippen molar-refractivity contribution in [3.8, 4) is 16.2 Å². The van der Waals surface area contributed by atoms with Crippen LogP contribution < -0.4 is 10.1 Å². The maximum Gasteiger partial charge on any atom is 0.244 e. The number of benzene rings is 1. The standard InChI is InChI=1S/C23H21ClN2O3S/c24-20-12-16(21-5-4-19(30-21)7-9-27)10-17-11-18(29-23(17)20)14-26-22(28)6-3-15-2-1-8-25-13-15/h1-6,8,10,12-13,18,27H,7,9,11,14H2,(H,26,28)/b6-3+. The number of aromatic nitrogens is 1. The fourth-order valence-electron chi connectivity index (χ4n) is 3.34. The molecule has 0 bridgehead atoms. The summed E-state index contributed by atoms with van der Waals surface area (Å²) >= 11 is 8.13. The van der Waals surface area contributed by atoms with Crippen LogP contribution in [0, 0.1) is 0 Å². The van der Waals surface area contributed by atoms with E-state index in [4.69, 9.17) is 21.4 Å². The van der Waals surface area contributed by atoms with Gasteiger partial charge in [0, 0.05) is 53.2 Å². The molecule has 4 rings (SSSR count). The molecule has 0 saturated heterocycles. The fourth-order valence-corrected chi connectivity index (χ4v) is 4.61. The summed E-state index contributed by atoms with van der Waals surface area (Å²) in [6, 6.07) is 11.8. The summed E-state index contributed by atoms with van der Waals surface area (Å²) in [5.74, 6) is 0.512. The minimum absolute atomic E-state index is 0.142. The van der Waals surface area contributed by atoms with Crippen molar-refractivity contribution < 1.29 is 14.6 Å². The molecular weight excluding hydrogens is 420 g/mol. The van der Waals surface area contributed by atoms with Crippen molar-refractivity contribution in [2.24, 2.45) is 0 Å². The van der Waals surface area contributed by atoms with E-state index >= 15 is 0 Å². The Labute approximate surface area is 184 Å². The molecule has 1 amide bonds. The first kappa shape index (κ1) is 20.6. The molecule has 0 saturated carbocycles. The van der Waals surface area contributed by atoms with Crippen molar-refractivity contribution in [1.29, 1.82) is 0 Å². The number of nitrogens with zero attached hydrogens (tertiary/aromatic N) is 1. The van der Waals surface area contributed by atoms with Gasteiger partial charge in [0.05, 0.1) is 11.6 Å². The lowest BCUT2D eigenvalue weighted by molar-refractivity contribution is -0.116. The number of nitrogens with one attached hydrogen (secondary N) is 1. The highest BCUT2D eigenvalue weighted by Crippen LogP contribution is 2.41. The quantitative estimate of drug-likeness (QED) is 0.542. The maximum atomic E-state index is 12.1. The van der Waals surface area contributed by atoms with E-state index in [1.165, 1.54) is 6.08 Å². The van der Waals surface area contributed by atoms with Crippen molar-refractivity contribution in [3.05, 3.63) is 75.9 Å². The van der Waals surface area contributed by atoms with Crippen LogP contribution in [0.5, 0.6) is 5.75 Å². The van der Waals surface area contributed by atoms with Gasteiger partial charge in [0.15, 0.2) is 0 Å². The summed E-state index contributed by atoms with van der Waals surface area (Å²) in [4.78, 5) is 18.4. The Morgan fingerprint density at radius 3 is 3.07 bits per heavy atom. The maximum absolute atomic E-state index is 12.1. The molecule has 3 heterocycles. The Morgan fingerprint density at radius 1 is 1.37 bits per heavy atom. The van der Waals surface area contributed by atoms with Gasteiger partial charge in [-0.25, -0.2) is 0 Å². The second-order valence-corrected chi connectivity index (χ2v) is 8.57. The minimum Gasteiger partial charge on any atom is -0.486 e. The van der Waals surface area contributed by atoms with E-state index < -0.39 is 0 Å². The van der Waals surface area contributed by atoms with Crippen LogP contribution in [0.15, 0.2) is 54.9 Å². The number of carbonyl (C=O) groups is 1. The predicted octanol–water partition coefficient (Wildman–Crippen LogP) is 4.13. The number of halogens is 1. The predicted molar refractivity (Wildman–Crippen MR) is 120 cm³/mol. The SMILES string of the molecule is O=C(/C=C/c1cccnc1)NCC1Cc2cc(-c3ccc(CCO)s3)cc(Cl)c2O1. The first-order valence-corrected chi connectivity index (χ1v) is 10.9. The summed E-state index contributed by atoms with van der Waals surface area (Å²) in [7, 11) is 0. The third-order valence-electron chi connectivity index (χ3n) is 4.77. The molecule has 1 aromatic carbocycles. The van der Waals surface area contributed by atoms with E-state index in [2.05, 4.69) is 22.4 Å². The lowest BCUT2D eigenvalue weighted by atomic mass is 10.1. The number of aliphatic hydroxyl groups excluding tert-OH is 1. The van der Waals surface area contributed by atoms with Crippen LogP contribution in [-0.2, 0) is 17.6 Å². The molecule has 1 unspecified atom stereocenters. The molecule has 1 atom stereocenters. The number of amides is 1. The minimum atomic E-state index is -0.180. The molecule has 30 heavy (non-hydrogen) atoms. The van der Waals surface area contributed by atoms with Crippen molar-refractivity contribution in [3.63, 3.8) is 0 Å². The first-order chi connectivity index (χ1) is 14.6. The number of thiophene rings is 1. The van der Waals surface area contributed by atoms with Crippen molar-refractivity contribution in [2.45, 2.75) is 18.9 Å². The molecule has 2 aromatic heterocycles. The van der Waals surface area contributed by atoms with Crippen LogP contribution in [0.1, 0.15) is 16.0 Å². The zero-order valence-corrected chi connectivity index (χ0v) is 17.7. The molecule has 2 N–H and O–H groups in total. The van der Waals surface area contributed by atoms with E-state index in [0.29, 0.717) is 30.2 Å². The molecule has 1 aliphatic rings. The summed E-state index contributed by atoms with van der Waals surface area (Å²) in [6.07, 6.45) is 7.79. The average molecular weight is 441 g/mol. The number of ether oxygens (including phenoxy) is 1. The van der Waals surface area contributed by atoms with Gasteiger partial charge in [-0.2, -0.15) is 0 Å². The number of hydrogen-bond donors (Lipinski definition) is 2. The van der Waals surface area contributed by atoms with Gasteiger partial charge >= 0.3 is 0 Å². The van der Waals surface area contributed by atoms with E-state index in [9.17, 15) is 4.79 Å². The molecule has 0 spiro atoms. The molecule has 154 valence electrons. The zero-order valence-electron chi connectivity index (χ0n) is 16.2. The highest BCUT2D eigenvalue weighted by molar-refractivity contribution is 7.15. The topological polar surface area (TPSA) is 71.5 Å². The van der Waals surface area contributed by atoms with E-state index in [0.717, 1.165) is 26.4 Å². The van der Waals surface area contributed by atoms with Crippen LogP contribution in [0.25, 0.3) is 16.5 Å². The normalized spacial score (nSPS) is 15.2. The molecule has 0 fully saturated rings. The third kappa shape index (κ3) is 4.90. The van der Waals surface area contributed by atoms with Gasteiger partial charge in [0.2, 0.25) is 5.91 Å². The van der Waals surface area contributed by atoms with E-state index in [1.807, 2.05) is 24.3 Å². The summed E-state index contributed by atoms with van der Waals surface area (Å²) in [5.41, 5.74) is 2.95. The van der Waals surface area contributed by atoms with E-state index in [-0.39, 0.29) is 18.6 Å². The number of aliphatic hydroxyl groups is 1. The first-order valence-electron chi connectivity index (χ1n) is 9.67. The van der Waals surface area contributed by atoms with Gasteiger partial charge in [0.1, 0.15) is 11.9 Å². The highest BCUT2D eigenvalue weighted by Gasteiger charge is 2.26. The Bertz CT molecular complexity index is 1070. The lowest BCUT2D eigenvalue weighted by Crippen LogP contribution is -2.33. The molecule has 0 radical (unpaired) electrons. The lowest BCUT2D eigenvalue weighted by Gasteiger charge is -2.11. The summed E-state index contributed by atoms with van der Waals surface area (Å²) in [5, 5.41) is 12.6. The summed E-state index contributed by atoms with van der Waals surface area (Å²) < 4.78 is 5.98. The average Bonchev–Trinajstić information content (AvgIpc) is 3.39. The second-order valence-electron chi connectivity index (χ2n) is 6.99. The molecule has 7 heteroatoms. The fraction of sp³-hybridized carbons (Fsp3) is 0.217. The number of hydrogen-bond acceptors (Lipinski definition) is 5. The monoisotopic (exact) mass is 440 g/mol. The van der Waals surface area contributed by atoms with Crippen LogP contribution in [0.4, 0.5) is 0 Å². The molecular formula is C23H21ClN2O3S. The third-order valence-corrected chi connectivity index (χ3v) is 6.25. The van der Waals surface area contributed by atoms with Gasteiger partial charge in [-0.3, -0.25) is 9.78 Å². The molecule has 3 aromatic rings. The largest absolute Gasteiger partial charge is 0.486 e. The van der Waals surface area contributed by atoms with Gasteiger partial charge in [-0.05, 0) is 47.5 Å². The van der Waals surface area contributed by atoms with E-state index in [1.54, 1.807) is 29.8 Å². The molecule has 0 aliphatic carbocycles. The second kappa shape index (κ2) is 9.43. The van der Waals surface area contributed by atoms with Gasteiger partial charge in [-0.15, -0.1) is 11.3 Å².